The summed E-state index contributed by atoms with van der Waals surface area (Å²) < 4.78 is 1.96. The van der Waals surface area contributed by atoms with Crippen LogP contribution < -0.4 is 5.43 Å². The fourth-order valence-corrected chi connectivity index (χ4v) is 2.79. The van der Waals surface area contributed by atoms with Crippen molar-refractivity contribution in [2.24, 2.45) is 0 Å². The second kappa shape index (κ2) is 3.83. The van der Waals surface area contributed by atoms with Gasteiger partial charge in [-0.2, -0.15) is 0 Å². The maximum absolute atomic E-state index is 4.10. The number of rotatable bonds is 1. The largest absolute Gasteiger partial charge is 0.314 e. The van der Waals surface area contributed by atoms with Gasteiger partial charge in [0.25, 0.3) is 0 Å². The Kier molecular flexibility index (Phi) is 2.32. The minimum atomic E-state index is 0.327. The highest BCUT2D eigenvalue weighted by Crippen LogP contribution is 2.29. The number of hydrogen-bond acceptors (Lipinski definition) is 4. The number of aryl methyl sites for hydroxylation is 1. The van der Waals surface area contributed by atoms with E-state index >= 15 is 0 Å². The summed E-state index contributed by atoms with van der Waals surface area (Å²) in [6.45, 7) is 1.96. The molecular weight excluding hydrogens is 220 g/mol. The molecule has 3 rings (SSSR count). The summed E-state index contributed by atoms with van der Waals surface area (Å²) >= 11 is 1.74. The Morgan fingerprint density at radius 1 is 1.31 bits per heavy atom. The molecular formula is C11H12N4S. The molecule has 0 saturated carbocycles. The maximum Gasteiger partial charge on any atom is 0.210 e. The first-order valence-corrected chi connectivity index (χ1v) is 6.19. The van der Waals surface area contributed by atoms with Gasteiger partial charge in [0.05, 0.1) is 6.04 Å². The third-order valence-electron chi connectivity index (χ3n) is 2.66. The zero-order valence-corrected chi connectivity index (χ0v) is 9.74. The quantitative estimate of drug-likeness (QED) is 0.816. The molecule has 1 atom stereocenters. The molecule has 0 aliphatic carbocycles. The van der Waals surface area contributed by atoms with E-state index in [1.165, 1.54) is 5.56 Å². The van der Waals surface area contributed by atoms with Crippen LogP contribution in [0.4, 0.5) is 0 Å². The lowest BCUT2D eigenvalue weighted by molar-refractivity contribution is 0.646. The summed E-state index contributed by atoms with van der Waals surface area (Å²) in [5.74, 6) is 1.89. The molecule has 2 heterocycles. The topological polar surface area (TPSA) is 42.7 Å². The van der Waals surface area contributed by atoms with Crippen LogP contribution in [0.2, 0.25) is 0 Å². The van der Waals surface area contributed by atoms with E-state index in [-0.39, 0.29) is 0 Å². The molecule has 4 nitrogen and oxygen atoms in total. The highest BCUT2D eigenvalue weighted by atomic mass is 32.2. The molecule has 1 aliphatic heterocycles. The third-order valence-corrected chi connectivity index (χ3v) is 3.68. The van der Waals surface area contributed by atoms with Crippen molar-refractivity contribution in [1.82, 2.24) is 14.9 Å². The Hall–Kier alpha value is -1.49. The van der Waals surface area contributed by atoms with Crippen LogP contribution in [0.15, 0.2) is 35.5 Å². The van der Waals surface area contributed by atoms with Crippen molar-refractivity contribution in [3.63, 3.8) is 0 Å². The average Bonchev–Trinajstić information content (AvgIpc) is 2.72. The van der Waals surface area contributed by atoms with Gasteiger partial charge in [-0.15, -0.1) is 10.2 Å². The van der Waals surface area contributed by atoms with E-state index < -0.39 is 0 Å². The molecule has 1 aromatic carbocycles. The van der Waals surface area contributed by atoms with Crippen LogP contribution in [0.5, 0.6) is 0 Å². The van der Waals surface area contributed by atoms with Crippen molar-refractivity contribution >= 4 is 11.8 Å². The van der Waals surface area contributed by atoms with Crippen LogP contribution in [-0.4, -0.2) is 20.6 Å². The molecule has 16 heavy (non-hydrogen) atoms. The summed E-state index contributed by atoms with van der Waals surface area (Å²) in [5, 5.41) is 9.10. The second-order valence-electron chi connectivity index (χ2n) is 3.77. The van der Waals surface area contributed by atoms with Gasteiger partial charge < -0.3 is 5.43 Å². The number of aromatic nitrogens is 3. The number of hydrogen-bond donors (Lipinski definition) is 1. The molecule has 5 heteroatoms. The van der Waals surface area contributed by atoms with E-state index in [2.05, 4.69) is 39.9 Å². The molecule has 0 saturated heterocycles. The first-order valence-electron chi connectivity index (χ1n) is 5.21. The average molecular weight is 232 g/mol. The second-order valence-corrected chi connectivity index (χ2v) is 4.76. The van der Waals surface area contributed by atoms with Crippen LogP contribution in [0.1, 0.15) is 17.4 Å². The van der Waals surface area contributed by atoms with Gasteiger partial charge in [-0.3, -0.25) is 0 Å². The molecule has 1 N–H and O–H groups in total. The molecule has 0 unspecified atom stereocenters. The minimum Gasteiger partial charge on any atom is -0.314 e. The van der Waals surface area contributed by atoms with Gasteiger partial charge in [0.15, 0.2) is 0 Å². The van der Waals surface area contributed by atoms with Gasteiger partial charge in [0.2, 0.25) is 5.16 Å². The maximum atomic E-state index is 4.10. The van der Waals surface area contributed by atoms with E-state index in [0.717, 1.165) is 16.7 Å². The fraction of sp³-hybridized carbons (Fsp3) is 0.273. The van der Waals surface area contributed by atoms with Crippen LogP contribution >= 0.6 is 11.8 Å². The number of fused-ring (bicyclic) bond motifs is 1. The van der Waals surface area contributed by atoms with Gasteiger partial charge in [-0.05, 0) is 12.5 Å². The van der Waals surface area contributed by atoms with E-state index in [1.54, 1.807) is 11.8 Å². The Labute approximate surface area is 98.0 Å². The molecule has 0 spiro atoms. The Morgan fingerprint density at radius 3 is 2.94 bits per heavy atom. The predicted molar refractivity (Wildman–Crippen MR) is 64.0 cm³/mol. The fourth-order valence-electron chi connectivity index (χ4n) is 1.79. The number of thioether (sulfide) groups is 1. The number of nitrogens with zero attached hydrogens (tertiary/aromatic N) is 3. The standard InChI is InChI=1S/C11H12N4S/c1-8-12-13-11-15(8)14-10(7-16-11)9-5-3-2-4-6-9/h2-6,10,14H,7H2,1H3/t10-/m1/s1. The highest BCUT2D eigenvalue weighted by Gasteiger charge is 2.22. The summed E-state index contributed by atoms with van der Waals surface area (Å²) in [6, 6.07) is 10.8. The normalized spacial score (nSPS) is 18.9. The summed E-state index contributed by atoms with van der Waals surface area (Å²) in [5.41, 5.74) is 4.73. The van der Waals surface area contributed by atoms with Gasteiger partial charge in [-0.1, -0.05) is 42.1 Å². The highest BCUT2D eigenvalue weighted by molar-refractivity contribution is 7.99. The monoisotopic (exact) mass is 232 g/mol. The van der Waals surface area contributed by atoms with Crippen molar-refractivity contribution in [1.29, 1.82) is 0 Å². The van der Waals surface area contributed by atoms with Crippen molar-refractivity contribution in [3.05, 3.63) is 41.7 Å². The molecule has 0 bridgehead atoms. The molecule has 82 valence electrons. The SMILES string of the molecule is Cc1nnc2n1N[C@@H](c1ccccc1)CS2. The van der Waals surface area contributed by atoms with Crippen molar-refractivity contribution in [2.75, 3.05) is 11.2 Å². The Morgan fingerprint density at radius 2 is 2.12 bits per heavy atom. The lowest BCUT2D eigenvalue weighted by Gasteiger charge is -2.25. The minimum absolute atomic E-state index is 0.327. The van der Waals surface area contributed by atoms with Gasteiger partial charge in [0, 0.05) is 5.75 Å². The van der Waals surface area contributed by atoms with E-state index in [9.17, 15) is 0 Å². The van der Waals surface area contributed by atoms with Gasteiger partial charge in [-0.25, -0.2) is 4.68 Å². The molecule has 2 aromatic rings. The molecule has 1 aromatic heterocycles. The van der Waals surface area contributed by atoms with Gasteiger partial charge >= 0.3 is 0 Å². The zero-order chi connectivity index (χ0) is 11.0. The summed E-state index contributed by atoms with van der Waals surface area (Å²) in [4.78, 5) is 0. The van der Waals surface area contributed by atoms with Crippen LogP contribution in [0.25, 0.3) is 0 Å². The van der Waals surface area contributed by atoms with Crippen molar-refractivity contribution < 1.29 is 0 Å². The lowest BCUT2D eigenvalue weighted by atomic mass is 10.1. The first kappa shape index (κ1) is 9.72. The first-order chi connectivity index (χ1) is 7.84. The molecule has 0 amide bonds. The molecule has 0 fully saturated rings. The summed E-state index contributed by atoms with van der Waals surface area (Å²) in [6.07, 6.45) is 0. The smallest absolute Gasteiger partial charge is 0.210 e. The number of benzene rings is 1. The van der Waals surface area contributed by atoms with Crippen LogP contribution in [-0.2, 0) is 0 Å². The van der Waals surface area contributed by atoms with E-state index in [0.29, 0.717) is 6.04 Å². The third kappa shape index (κ3) is 1.57. The van der Waals surface area contributed by atoms with Crippen molar-refractivity contribution in [3.8, 4) is 0 Å². The van der Waals surface area contributed by atoms with Crippen LogP contribution in [0.3, 0.4) is 0 Å². The predicted octanol–water partition coefficient (Wildman–Crippen LogP) is 1.98. The molecule has 0 radical (unpaired) electrons. The van der Waals surface area contributed by atoms with Gasteiger partial charge in [0.1, 0.15) is 5.82 Å². The zero-order valence-electron chi connectivity index (χ0n) is 8.92. The van der Waals surface area contributed by atoms with E-state index in [1.807, 2.05) is 17.7 Å². The Balaban J connectivity index is 1.90. The molecule has 1 aliphatic rings. The van der Waals surface area contributed by atoms with Crippen LogP contribution in [0, 0.1) is 6.92 Å². The van der Waals surface area contributed by atoms with Crippen molar-refractivity contribution in [2.45, 2.75) is 18.1 Å². The van der Waals surface area contributed by atoms with E-state index in [4.69, 9.17) is 0 Å². The Bertz CT molecular complexity index is 494. The lowest BCUT2D eigenvalue weighted by Crippen LogP contribution is -2.28. The number of nitrogens with one attached hydrogen (secondary N) is 1. The summed E-state index contributed by atoms with van der Waals surface area (Å²) in [7, 11) is 0.